The number of benzene rings is 2. The summed E-state index contributed by atoms with van der Waals surface area (Å²) >= 11 is 0. The topological polar surface area (TPSA) is 41.6 Å². The quantitative estimate of drug-likeness (QED) is 0.859. The second-order valence-corrected chi connectivity index (χ2v) is 6.11. The minimum Gasteiger partial charge on any atom is -0.465 e. The third-order valence-electron chi connectivity index (χ3n) is 4.69. The Kier molecular flexibility index (Phi) is 4.86. The van der Waals surface area contributed by atoms with Crippen LogP contribution in [0.5, 0.6) is 0 Å². The molecule has 0 amide bonds. The third-order valence-corrected chi connectivity index (χ3v) is 4.69. The number of nitrogens with one attached hydrogen (secondary N) is 1. The van der Waals surface area contributed by atoms with Gasteiger partial charge in [-0.1, -0.05) is 42.5 Å². The monoisotopic (exact) mass is 324 g/mol. The van der Waals surface area contributed by atoms with Crippen molar-refractivity contribution in [2.24, 2.45) is 0 Å². The Morgan fingerprint density at radius 2 is 1.92 bits per heavy atom. The molecule has 24 heavy (non-hydrogen) atoms. The van der Waals surface area contributed by atoms with Crippen molar-refractivity contribution in [2.75, 3.05) is 32.1 Å². The minimum absolute atomic E-state index is 0.0649. The van der Waals surface area contributed by atoms with Gasteiger partial charge in [-0.3, -0.25) is 4.79 Å². The summed E-state index contributed by atoms with van der Waals surface area (Å²) in [5.41, 5.74) is 4.50. The number of anilines is 1. The number of likely N-dealkylation sites (N-methyl/N-ethyl adjacent to an activating group) is 2. The van der Waals surface area contributed by atoms with Gasteiger partial charge in [-0.05, 0) is 36.7 Å². The van der Waals surface area contributed by atoms with Gasteiger partial charge in [-0.15, -0.1) is 0 Å². The van der Waals surface area contributed by atoms with Gasteiger partial charge in [0.1, 0.15) is 5.92 Å². The number of esters is 1. The van der Waals surface area contributed by atoms with Gasteiger partial charge in [0.2, 0.25) is 0 Å². The number of hydrogen-bond acceptors (Lipinski definition) is 4. The van der Waals surface area contributed by atoms with Crippen LogP contribution >= 0.6 is 0 Å². The maximum absolute atomic E-state index is 12.5. The first-order valence-electron chi connectivity index (χ1n) is 8.40. The summed E-state index contributed by atoms with van der Waals surface area (Å²) in [4.78, 5) is 14.7. The van der Waals surface area contributed by atoms with Crippen LogP contribution in [0.4, 0.5) is 5.69 Å². The van der Waals surface area contributed by atoms with E-state index in [2.05, 4.69) is 47.6 Å². The molecule has 0 aromatic heterocycles. The van der Waals surface area contributed by atoms with E-state index in [1.807, 2.05) is 32.2 Å². The van der Waals surface area contributed by atoms with Gasteiger partial charge in [0.15, 0.2) is 0 Å². The van der Waals surface area contributed by atoms with Gasteiger partial charge in [-0.25, -0.2) is 0 Å². The molecule has 2 aromatic rings. The first-order chi connectivity index (χ1) is 11.7. The molecular formula is C20H24N2O2. The average Bonchev–Trinajstić information content (AvgIpc) is 2.88. The van der Waals surface area contributed by atoms with Gasteiger partial charge >= 0.3 is 5.97 Å². The van der Waals surface area contributed by atoms with Crippen molar-refractivity contribution in [3.05, 3.63) is 54.1 Å². The Balaban J connectivity index is 2.02. The summed E-state index contributed by atoms with van der Waals surface area (Å²) in [6, 6.07) is 16.7. The first-order valence-corrected chi connectivity index (χ1v) is 8.40. The summed E-state index contributed by atoms with van der Waals surface area (Å²) in [5.74, 6) is -0.391. The lowest BCUT2D eigenvalue weighted by Crippen LogP contribution is -2.41. The second-order valence-electron chi connectivity index (χ2n) is 6.11. The molecule has 0 radical (unpaired) electrons. The minimum atomic E-state index is -0.248. The predicted octanol–water partition coefficient (Wildman–Crippen LogP) is 3.04. The maximum atomic E-state index is 12.5. The molecule has 126 valence electrons. The third kappa shape index (κ3) is 2.89. The molecule has 0 aliphatic carbocycles. The molecule has 0 fully saturated rings. The normalized spacial score (nSPS) is 19.2. The van der Waals surface area contributed by atoms with Crippen LogP contribution in [0, 0.1) is 0 Å². The van der Waals surface area contributed by atoms with Crippen molar-refractivity contribution in [2.45, 2.75) is 18.9 Å². The Labute approximate surface area is 143 Å². The predicted molar refractivity (Wildman–Crippen MR) is 97.4 cm³/mol. The lowest BCUT2D eigenvalue weighted by molar-refractivity contribution is -0.145. The Morgan fingerprint density at radius 1 is 1.17 bits per heavy atom. The fraction of sp³-hybridized carbons (Fsp3) is 0.350. The maximum Gasteiger partial charge on any atom is 0.315 e. The molecule has 0 bridgehead atoms. The molecule has 0 saturated carbocycles. The number of fused-ring (bicyclic) bond motifs is 1. The fourth-order valence-corrected chi connectivity index (χ4v) is 3.51. The number of hydrogen-bond donors (Lipinski definition) is 1. The standard InChI is InChI=1S/C20H24N2O2/c1-4-24-20(23)19-16-11-10-15(14-8-6-5-7-9-14)12-17(16)22(3)18(19)13-21-2/h5-12,18-19,21H,4,13H2,1-3H3. The molecule has 1 heterocycles. The van der Waals surface area contributed by atoms with Crippen molar-refractivity contribution in [1.29, 1.82) is 0 Å². The zero-order valence-corrected chi connectivity index (χ0v) is 14.5. The SMILES string of the molecule is CCOC(=O)C1c2ccc(-c3ccccc3)cc2N(C)C1CNC. The molecule has 0 saturated heterocycles. The molecule has 3 rings (SSSR count). The van der Waals surface area contributed by atoms with Gasteiger partial charge < -0.3 is 15.0 Å². The number of rotatable bonds is 5. The van der Waals surface area contributed by atoms with Crippen molar-refractivity contribution < 1.29 is 9.53 Å². The van der Waals surface area contributed by atoms with Gasteiger partial charge in [-0.2, -0.15) is 0 Å². The molecule has 4 nitrogen and oxygen atoms in total. The second kappa shape index (κ2) is 7.05. The molecule has 1 aliphatic rings. The molecular weight excluding hydrogens is 300 g/mol. The van der Waals surface area contributed by atoms with E-state index < -0.39 is 0 Å². The lowest BCUT2D eigenvalue weighted by Gasteiger charge is -2.25. The van der Waals surface area contributed by atoms with E-state index >= 15 is 0 Å². The average molecular weight is 324 g/mol. The van der Waals surface area contributed by atoms with E-state index in [0.29, 0.717) is 6.61 Å². The summed E-state index contributed by atoms with van der Waals surface area (Å²) < 4.78 is 5.33. The Hall–Kier alpha value is -2.33. The summed E-state index contributed by atoms with van der Waals surface area (Å²) in [5, 5.41) is 3.20. The Bertz CT molecular complexity index is 715. The summed E-state index contributed by atoms with van der Waals surface area (Å²) in [7, 11) is 3.96. The van der Waals surface area contributed by atoms with Gasteiger partial charge in [0.25, 0.3) is 0 Å². The first kappa shape index (κ1) is 16.5. The van der Waals surface area contributed by atoms with Crippen LogP contribution in [0.3, 0.4) is 0 Å². The van der Waals surface area contributed by atoms with Gasteiger partial charge in [0.05, 0.1) is 12.6 Å². The zero-order valence-electron chi connectivity index (χ0n) is 14.5. The highest BCUT2D eigenvalue weighted by Gasteiger charge is 2.41. The molecule has 0 spiro atoms. The largest absolute Gasteiger partial charge is 0.465 e. The highest BCUT2D eigenvalue weighted by atomic mass is 16.5. The number of carbonyl (C=O) groups is 1. The van der Waals surface area contributed by atoms with E-state index in [1.165, 1.54) is 5.56 Å². The van der Waals surface area contributed by atoms with Crippen LogP contribution in [0.25, 0.3) is 11.1 Å². The van der Waals surface area contributed by atoms with Crippen LogP contribution in [-0.2, 0) is 9.53 Å². The van der Waals surface area contributed by atoms with Crippen molar-refractivity contribution >= 4 is 11.7 Å². The van der Waals surface area contributed by atoms with Crippen LogP contribution in [0.2, 0.25) is 0 Å². The summed E-state index contributed by atoms with van der Waals surface area (Å²) in [6.07, 6.45) is 0. The molecule has 1 aliphatic heterocycles. The molecule has 4 heteroatoms. The number of carbonyl (C=O) groups excluding carboxylic acids is 1. The van der Waals surface area contributed by atoms with Crippen LogP contribution in [-0.4, -0.2) is 39.3 Å². The van der Waals surface area contributed by atoms with E-state index in [-0.39, 0.29) is 17.9 Å². The van der Waals surface area contributed by atoms with Crippen LogP contribution in [0.1, 0.15) is 18.4 Å². The highest BCUT2D eigenvalue weighted by Crippen LogP contribution is 2.42. The number of nitrogens with zero attached hydrogens (tertiary/aromatic N) is 1. The van der Waals surface area contributed by atoms with E-state index in [4.69, 9.17) is 4.74 Å². The van der Waals surface area contributed by atoms with Crippen molar-refractivity contribution in [1.82, 2.24) is 5.32 Å². The van der Waals surface area contributed by atoms with Crippen LogP contribution in [0.15, 0.2) is 48.5 Å². The number of ether oxygens (including phenoxy) is 1. The molecule has 2 aromatic carbocycles. The smallest absolute Gasteiger partial charge is 0.315 e. The van der Waals surface area contributed by atoms with Crippen LogP contribution < -0.4 is 10.2 Å². The van der Waals surface area contributed by atoms with Gasteiger partial charge in [0, 0.05) is 19.3 Å². The highest BCUT2D eigenvalue weighted by molar-refractivity contribution is 5.87. The van der Waals surface area contributed by atoms with Crippen molar-refractivity contribution in [3.63, 3.8) is 0 Å². The Morgan fingerprint density at radius 3 is 2.58 bits per heavy atom. The van der Waals surface area contributed by atoms with E-state index in [9.17, 15) is 4.79 Å². The van der Waals surface area contributed by atoms with E-state index in [1.54, 1.807) is 0 Å². The zero-order chi connectivity index (χ0) is 17.1. The summed E-state index contributed by atoms with van der Waals surface area (Å²) in [6.45, 7) is 2.99. The van der Waals surface area contributed by atoms with E-state index in [0.717, 1.165) is 23.4 Å². The van der Waals surface area contributed by atoms with Crippen molar-refractivity contribution in [3.8, 4) is 11.1 Å². The molecule has 1 N–H and O–H groups in total. The molecule has 2 atom stereocenters. The molecule has 2 unspecified atom stereocenters. The lowest BCUT2D eigenvalue weighted by atomic mass is 9.93. The fourth-order valence-electron chi connectivity index (χ4n) is 3.51.